The van der Waals surface area contributed by atoms with Gasteiger partial charge >= 0.3 is 0 Å². The Morgan fingerprint density at radius 2 is 1.42 bits per heavy atom. The van der Waals surface area contributed by atoms with Crippen LogP contribution in [0.1, 0.15) is 28.2 Å². The van der Waals surface area contributed by atoms with Gasteiger partial charge in [0, 0.05) is 5.92 Å². The summed E-state index contributed by atoms with van der Waals surface area (Å²) >= 11 is 0. The van der Waals surface area contributed by atoms with Gasteiger partial charge in [-0.05, 0) is 34.4 Å². The van der Waals surface area contributed by atoms with Gasteiger partial charge in [0.1, 0.15) is 12.0 Å². The normalized spacial score (nSPS) is 27.5. The number of carbonyl (C=O) groups excluding carboxylic acids is 3. The molecule has 152 valence electrons. The van der Waals surface area contributed by atoms with Crippen LogP contribution in [0.3, 0.4) is 0 Å². The molecule has 4 aliphatic rings. The number of benzene rings is 3. The maximum atomic E-state index is 13.9. The molecule has 3 aromatic rings. The van der Waals surface area contributed by atoms with E-state index in [0.29, 0.717) is 11.4 Å². The molecule has 3 aliphatic carbocycles. The van der Waals surface area contributed by atoms with Crippen LogP contribution in [0.4, 0.5) is 5.69 Å². The summed E-state index contributed by atoms with van der Waals surface area (Å²) in [5.41, 5.74) is 2.81. The molecule has 0 radical (unpaired) electrons. The Bertz CT molecular complexity index is 1230. The Balaban J connectivity index is 1.65. The number of rotatable bonds is 3. The fourth-order valence-corrected chi connectivity index (χ4v) is 6.08. The van der Waals surface area contributed by atoms with Crippen LogP contribution in [0.2, 0.25) is 0 Å². The van der Waals surface area contributed by atoms with Crippen molar-refractivity contribution >= 4 is 23.8 Å². The van der Waals surface area contributed by atoms with Crippen molar-refractivity contribution in [1.29, 1.82) is 0 Å². The molecule has 3 aromatic carbocycles. The summed E-state index contributed by atoms with van der Waals surface area (Å²) in [6.07, 6.45) is 0.884. The highest BCUT2D eigenvalue weighted by Gasteiger charge is 2.68. The first-order valence-electron chi connectivity index (χ1n) is 10.3. The molecule has 0 spiro atoms. The van der Waals surface area contributed by atoms with E-state index in [1.165, 1.54) is 12.0 Å². The van der Waals surface area contributed by atoms with Crippen LogP contribution in [-0.2, 0) is 19.8 Å². The first-order chi connectivity index (χ1) is 15.1. The molecule has 7 rings (SSSR count). The first kappa shape index (κ1) is 18.1. The summed E-state index contributed by atoms with van der Waals surface area (Å²) in [4.78, 5) is 41.9. The topological polar surface area (TPSA) is 63.7 Å². The Morgan fingerprint density at radius 3 is 2.03 bits per heavy atom. The molecular formula is C26H19NO4. The van der Waals surface area contributed by atoms with E-state index in [9.17, 15) is 14.4 Å². The first-order valence-corrected chi connectivity index (χ1v) is 10.3. The van der Waals surface area contributed by atoms with Crippen molar-refractivity contribution in [3.63, 3.8) is 0 Å². The van der Waals surface area contributed by atoms with E-state index in [2.05, 4.69) is 0 Å². The smallest absolute Gasteiger partial charge is 0.239 e. The van der Waals surface area contributed by atoms with Crippen molar-refractivity contribution in [3.05, 3.63) is 95.1 Å². The number of para-hydroxylation sites is 2. The van der Waals surface area contributed by atoms with Gasteiger partial charge in [-0.15, -0.1) is 0 Å². The minimum absolute atomic E-state index is 0.268. The zero-order valence-corrected chi connectivity index (χ0v) is 16.8. The van der Waals surface area contributed by atoms with Gasteiger partial charge in [0.2, 0.25) is 11.8 Å². The molecule has 0 N–H and O–H groups in total. The fourth-order valence-electron chi connectivity index (χ4n) is 6.08. The largest absolute Gasteiger partial charge is 0.495 e. The molecule has 1 heterocycles. The quantitative estimate of drug-likeness (QED) is 0.491. The van der Waals surface area contributed by atoms with Gasteiger partial charge in [0.25, 0.3) is 0 Å². The van der Waals surface area contributed by atoms with E-state index in [-0.39, 0.29) is 17.7 Å². The SMILES string of the molecule is COc1ccccc1N1C(=O)[C@@H]2[C@@H](C1=O)C1c3ccccc3C2(C=O)c2ccccc21. The monoisotopic (exact) mass is 409 g/mol. The molecule has 0 aromatic heterocycles. The van der Waals surface area contributed by atoms with Crippen LogP contribution >= 0.6 is 0 Å². The van der Waals surface area contributed by atoms with E-state index in [1.54, 1.807) is 24.3 Å². The van der Waals surface area contributed by atoms with E-state index in [4.69, 9.17) is 4.74 Å². The van der Waals surface area contributed by atoms with Gasteiger partial charge in [-0.2, -0.15) is 0 Å². The highest BCUT2D eigenvalue weighted by molar-refractivity contribution is 6.25. The maximum absolute atomic E-state index is 13.9. The molecule has 1 saturated heterocycles. The third-order valence-electron chi connectivity index (χ3n) is 7.20. The van der Waals surface area contributed by atoms with Gasteiger partial charge in [0.15, 0.2) is 0 Å². The lowest BCUT2D eigenvalue weighted by atomic mass is 9.48. The summed E-state index contributed by atoms with van der Waals surface area (Å²) in [5.74, 6) is -1.86. The van der Waals surface area contributed by atoms with Gasteiger partial charge in [0.05, 0.1) is 30.0 Å². The van der Waals surface area contributed by atoms with Crippen LogP contribution in [0.5, 0.6) is 5.75 Å². The number of hydrogen-bond acceptors (Lipinski definition) is 4. The van der Waals surface area contributed by atoms with Crippen LogP contribution in [0.25, 0.3) is 0 Å². The number of methoxy groups -OCH3 is 1. The highest BCUT2D eigenvalue weighted by Crippen LogP contribution is 2.63. The summed E-state index contributed by atoms with van der Waals surface area (Å²) in [7, 11) is 1.51. The summed E-state index contributed by atoms with van der Waals surface area (Å²) in [5, 5.41) is 0. The predicted octanol–water partition coefficient (Wildman–Crippen LogP) is 3.44. The minimum Gasteiger partial charge on any atom is -0.495 e. The zero-order chi connectivity index (χ0) is 21.3. The Labute approximate surface area is 179 Å². The number of anilines is 1. The maximum Gasteiger partial charge on any atom is 0.239 e. The molecule has 1 aliphatic heterocycles. The number of ether oxygens (including phenoxy) is 1. The van der Waals surface area contributed by atoms with Crippen LogP contribution < -0.4 is 9.64 Å². The predicted molar refractivity (Wildman–Crippen MR) is 114 cm³/mol. The summed E-state index contributed by atoms with van der Waals surface area (Å²) < 4.78 is 5.44. The van der Waals surface area contributed by atoms with Gasteiger partial charge < -0.3 is 9.53 Å². The molecular weight excluding hydrogens is 390 g/mol. The zero-order valence-electron chi connectivity index (χ0n) is 16.8. The number of imide groups is 1. The Morgan fingerprint density at radius 1 is 0.839 bits per heavy atom. The summed E-state index contributed by atoms with van der Waals surface area (Å²) in [6.45, 7) is 0. The number of hydrogen-bond donors (Lipinski definition) is 0. The molecule has 2 amide bonds. The van der Waals surface area contributed by atoms with E-state index < -0.39 is 17.3 Å². The van der Waals surface area contributed by atoms with Crippen LogP contribution in [0, 0.1) is 11.8 Å². The van der Waals surface area contributed by atoms with Gasteiger partial charge in [-0.1, -0.05) is 60.7 Å². The number of carbonyl (C=O) groups is 3. The third kappa shape index (κ3) is 1.99. The molecule has 2 bridgehead atoms. The van der Waals surface area contributed by atoms with Crippen molar-refractivity contribution in [2.45, 2.75) is 11.3 Å². The van der Waals surface area contributed by atoms with E-state index >= 15 is 0 Å². The molecule has 0 saturated carbocycles. The number of amides is 2. The van der Waals surface area contributed by atoms with Crippen LogP contribution in [0.15, 0.2) is 72.8 Å². The fraction of sp³-hybridized carbons (Fsp3) is 0.192. The second-order valence-electron chi connectivity index (χ2n) is 8.33. The molecule has 0 unspecified atom stereocenters. The van der Waals surface area contributed by atoms with Gasteiger partial charge in [-0.25, -0.2) is 4.90 Å². The molecule has 5 nitrogen and oxygen atoms in total. The average Bonchev–Trinajstić information content (AvgIpc) is 3.09. The van der Waals surface area contributed by atoms with E-state index in [1.807, 2.05) is 48.5 Å². The van der Waals surface area contributed by atoms with Crippen molar-refractivity contribution in [1.82, 2.24) is 0 Å². The molecule has 5 heteroatoms. The van der Waals surface area contributed by atoms with Crippen LogP contribution in [-0.4, -0.2) is 25.2 Å². The second kappa shape index (κ2) is 6.14. The molecule has 2 atom stereocenters. The summed E-state index contributed by atoms with van der Waals surface area (Å²) in [6, 6.07) is 22.4. The highest BCUT2D eigenvalue weighted by atomic mass is 16.5. The second-order valence-corrected chi connectivity index (χ2v) is 8.33. The third-order valence-corrected chi connectivity index (χ3v) is 7.20. The minimum atomic E-state index is -1.18. The lowest BCUT2D eigenvalue weighted by Crippen LogP contribution is -2.54. The lowest BCUT2D eigenvalue weighted by molar-refractivity contribution is -0.128. The number of nitrogens with zero attached hydrogens (tertiary/aromatic N) is 1. The van der Waals surface area contributed by atoms with E-state index in [0.717, 1.165) is 28.5 Å². The van der Waals surface area contributed by atoms with Crippen molar-refractivity contribution < 1.29 is 19.1 Å². The average molecular weight is 409 g/mol. The van der Waals surface area contributed by atoms with Crippen molar-refractivity contribution in [3.8, 4) is 5.75 Å². The number of aldehydes is 1. The Hall–Kier alpha value is -3.73. The molecule has 31 heavy (non-hydrogen) atoms. The van der Waals surface area contributed by atoms with Crippen molar-refractivity contribution in [2.75, 3.05) is 12.0 Å². The standard InChI is InChI=1S/C26H19NO4/c1-31-20-13-7-6-12-19(20)27-24(29)22-21-15-8-2-4-10-17(15)26(14-28,23(22)25(27)30)18-11-5-3-9-16(18)21/h2-14,21-23H,1H3/t21?,22-,23-,26?/m0/s1. The Kier molecular flexibility index (Phi) is 3.58. The van der Waals surface area contributed by atoms with Crippen molar-refractivity contribution in [2.24, 2.45) is 11.8 Å². The van der Waals surface area contributed by atoms with Gasteiger partial charge in [-0.3, -0.25) is 9.59 Å². The lowest BCUT2D eigenvalue weighted by Gasteiger charge is -2.51. The molecule has 1 fully saturated rings.